The van der Waals surface area contributed by atoms with Crippen LogP contribution in [0.1, 0.15) is 5.56 Å². The number of halogens is 1. The molecular formula is C15H12BrN3O. The first-order valence-electron chi connectivity index (χ1n) is 6.14. The van der Waals surface area contributed by atoms with E-state index in [1.54, 1.807) is 0 Å². The lowest BCUT2D eigenvalue weighted by Crippen LogP contribution is -1.92. The normalized spacial score (nSPS) is 10.5. The van der Waals surface area contributed by atoms with Crippen molar-refractivity contribution in [3.8, 4) is 11.5 Å². The first-order chi connectivity index (χ1) is 9.72. The third-order valence-corrected chi connectivity index (χ3v) is 3.43. The molecule has 0 bridgehead atoms. The molecule has 0 saturated heterocycles. The highest BCUT2D eigenvalue weighted by Crippen LogP contribution is 2.24. The van der Waals surface area contributed by atoms with Gasteiger partial charge in [0.25, 0.3) is 0 Å². The van der Waals surface area contributed by atoms with Crippen molar-refractivity contribution in [1.82, 2.24) is 10.2 Å². The highest BCUT2D eigenvalue weighted by atomic mass is 79.9. The molecule has 3 aromatic rings. The molecule has 0 unspecified atom stereocenters. The Morgan fingerprint density at radius 3 is 2.50 bits per heavy atom. The molecule has 0 amide bonds. The summed E-state index contributed by atoms with van der Waals surface area (Å²) in [5.74, 6) is 0.494. The fraction of sp³-hybridized carbons (Fsp3) is 0.0667. The maximum atomic E-state index is 5.62. The van der Waals surface area contributed by atoms with Gasteiger partial charge >= 0.3 is 6.01 Å². The molecule has 1 heterocycles. The number of hydrogen-bond acceptors (Lipinski definition) is 4. The van der Waals surface area contributed by atoms with Crippen LogP contribution < -0.4 is 5.32 Å². The highest BCUT2D eigenvalue weighted by Gasteiger charge is 2.09. The highest BCUT2D eigenvalue weighted by molar-refractivity contribution is 9.10. The number of rotatable bonds is 3. The van der Waals surface area contributed by atoms with Crippen LogP contribution in [0.4, 0.5) is 11.7 Å². The van der Waals surface area contributed by atoms with E-state index in [-0.39, 0.29) is 0 Å². The van der Waals surface area contributed by atoms with E-state index in [1.807, 2.05) is 55.5 Å². The third kappa shape index (κ3) is 2.72. The first-order valence-corrected chi connectivity index (χ1v) is 6.94. The van der Waals surface area contributed by atoms with Gasteiger partial charge in [-0.2, -0.15) is 0 Å². The lowest BCUT2D eigenvalue weighted by Gasteiger charge is -2.03. The van der Waals surface area contributed by atoms with E-state index in [0.717, 1.165) is 21.3 Å². The average Bonchev–Trinajstić information content (AvgIpc) is 2.91. The van der Waals surface area contributed by atoms with E-state index in [2.05, 4.69) is 31.4 Å². The molecule has 1 N–H and O–H groups in total. The molecule has 0 saturated carbocycles. The van der Waals surface area contributed by atoms with E-state index in [9.17, 15) is 0 Å². The van der Waals surface area contributed by atoms with Crippen LogP contribution in [0, 0.1) is 6.92 Å². The number of aryl methyl sites for hydroxylation is 1. The van der Waals surface area contributed by atoms with Crippen molar-refractivity contribution in [2.24, 2.45) is 0 Å². The van der Waals surface area contributed by atoms with E-state index in [1.165, 1.54) is 0 Å². The Kier molecular flexibility index (Phi) is 3.52. The molecule has 100 valence electrons. The second kappa shape index (κ2) is 5.46. The second-order valence-electron chi connectivity index (χ2n) is 4.36. The van der Waals surface area contributed by atoms with E-state index in [4.69, 9.17) is 4.42 Å². The van der Waals surface area contributed by atoms with Crippen LogP contribution >= 0.6 is 15.9 Å². The SMILES string of the molecule is Cc1ccccc1Nc1nnc(-c2ccc(Br)cc2)o1. The van der Waals surface area contributed by atoms with Gasteiger partial charge in [-0.25, -0.2) is 0 Å². The Hall–Kier alpha value is -2.14. The number of hydrogen-bond donors (Lipinski definition) is 1. The number of nitrogens with zero attached hydrogens (tertiary/aromatic N) is 2. The van der Waals surface area contributed by atoms with E-state index < -0.39 is 0 Å². The van der Waals surface area contributed by atoms with Crippen LogP contribution in [0.5, 0.6) is 0 Å². The Bertz CT molecular complexity index is 722. The monoisotopic (exact) mass is 329 g/mol. The van der Waals surface area contributed by atoms with Crippen molar-refractivity contribution in [2.45, 2.75) is 6.92 Å². The largest absolute Gasteiger partial charge is 0.403 e. The molecule has 5 heteroatoms. The minimum atomic E-state index is 0.386. The average molecular weight is 330 g/mol. The van der Waals surface area contributed by atoms with Crippen molar-refractivity contribution in [2.75, 3.05) is 5.32 Å². The van der Waals surface area contributed by atoms with Crippen molar-refractivity contribution in [3.63, 3.8) is 0 Å². The van der Waals surface area contributed by atoms with Gasteiger partial charge in [-0.3, -0.25) is 0 Å². The van der Waals surface area contributed by atoms with Crippen LogP contribution in [0.15, 0.2) is 57.4 Å². The smallest absolute Gasteiger partial charge is 0.320 e. The number of anilines is 2. The number of nitrogens with one attached hydrogen (secondary N) is 1. The Morgan fingerprint density at radius 1 is 1.00 bits per heavy atom. The molecule has 1 aromatic heterocycles. The summed E-state index contributed by atoms with van der Waals surface area (Å²) < 4.78 is 6.63. The van der Waals surface area contributed by atoms with Gasteiger partial charge in [0, 0.05) is 15.7 Å². The minimum Gasteiger partial charge on any atom is -0.403 e. The van der Waals surface area contributed by atoms with Crippen molar-refractivity contribution in [3.05, 3.63) is 58.6 Å². The molecule has 0 aliphatic carbocycles. The van der Waals surface area contributed by atoms with Crippen molar-refractivity contribution < 1.29 is 4.42 Å². The van der Waals surface area contributed by atoms with Gasteiger partial charge in [-0.05, 0) is 42.8 Å². The van der Waals surface area contributed by atoms with Crippen LogP contribution in [0.2, 0.25) is 0 Å². The van der Waals surface area contributed by atoms with E-state index >= 15 is 0 Å². The molecule has 0 atom stereocenters. The minimum absolute atomic E-state index is 0.386. The molecule has 0 aliphatic rings. The zero-order chi connectivity index (χ0) is 13.9. The van der Waals surface area contributed by atoms with Crippen LogP contribution in [-0.4, -0.2) is 10.2 Å². The summed E-state index contributed by atoms with van der Waals surface area (Å²) in [7, 11) is 0. The predicted octanol–water partition coefficient (Wildman–Crippen LogP) is 4.55. The molecule has 0 spiro atoms. The molecule has 0 aliphatic heterocycles. The Morgan fingerprint density at radius 2 is 1.75 bits per heavy atom. The molecule has 0 radical (unpaired) electrons. The molecule has 20 heavy (non-hydrogen) atoms. The van der Waals surface area contributed by atoms with Gasteiger partial charge in [-0.15, -0.1) is 5.10 Å². The predicted molar refractivity (Wildman–Crippen MR) is 81.9 cm³/mol. The van der Waals surface area contributed by atoms with Crippen LogP contribution in [0.3, 0.4) is 0 Å². The Balaban J connectivity index is 1.84. The zero-order valence-corrected chi connectivity index (χ0v) is 12.4. The van der Waals surface area contributed by atoms with Gasteiger partial charge in [0.2, 0.25) is 5.89 Å². The second-order valence-corrected chi connectivity index (χ2v) is 5.27. The van der Waals surface area contributed by atoms with Crippen molar-refractivity contribution in [1.29, 1.82) is 0 Å². The number of benzene rings is 2. The zero-order valence-electron chi connectivity index (χ0n) is 10.8. The molecular weight excluding hydrogens is 318 g/mol. The van der Waals surface area contributed by atoms with Crippen molar-refractivity contribution >= 4 is 27.6 Å². The molecule has 0 fully saturated rings. The summed E-state index contributed by atoms with van der Waals surface area (Å²) in [6.07, 6.45) is 0. The summed E-state index contributed by atoms with van der Waals surface area (Å²) in [5, 5.41) is 11.2. The lowest BCUT2D eigenvalue weighted by atomic mass is 10.2. The topological polar surface area (TPSA) is 51.0 Å². The summed E-state index contributed by atoms with van der Waals surface area (Å²) in [4.78, 5) is 0. The summed E-state index contributed by atoms with van der Waals surface area (Å²) >= 11 is 3.40. The van der Waals surface area contributed by atoms with Gasteiger partial charge in [0.1, 0.15) is 0 Å². The van der Waals surface area contributed by atoms with Gasteiger partial charge in [0.05, 0.1) is 0 Å². The Labute approximate surface area is 125 Å². The molecule has 4 nitrogen and oxygen atoms in total. The quantitative estimate of drug-likeness (QED) is 0.765. The summed E-state index contributed by atoms with van der Waals surface area (Å²) in [5.41, 5.74) is 2.97. The van der Waals surface area contributed by atoms with E-state index in [0.29, 0.717) is 11.9 Å². The number of para-hydroxylation sites is 1. The summed E-state index contributed by atoms with van der Waals surface area (Å²) in [6.45, 7) is 2.02. The van der Waals surface area contributed by atoms with Crippen LogP contribution in [0.25, 0.3) is 11.5 Å². The molecule has 3 rings (SSSR count). The van der Waals surface area contributed by atoms with Gasteiger partial charge < -0.3 is 9.73 Å². The third-order valence-electron chi connectivity index (χ3n) is 2.90. The summed E-state index contributed by atoms with van der Waals surface area (Å²) in [6, 6.07) is 16.1. The maximum Gasteiger partial charge on any atom is 0.320 e. The van der Waals surface area contributed by atoms with Gasteiger partial charge in [-0.1, -0.05) is 39.2 Å². The fourth-order valence-electron chi connectivity index (χ4n) is 1.81. The maximum absolute atomic E-state index is 5.62. The number of aromatic nitrogens is 2. The molecule has 2 aromatic carbocycles. The standard InChI is InChI=1S/C15H12BrN3O/c1-10-4-2-3-5-13(10)17-15-19-18-14(20-15)11-6-8-12(16)9-7-11/h2-9H,1H3,(H,17,19). The first kappa shape index (κ1) is 12.9. The fourth-order valence-corrected chi connectivity index (χ4v) is 2.08. The van der Waals surface area contributed by atoms with Crippen LogP contribution in [-0.2, 0) is 0 Å². The lowest BCUT2D eigenvalue weighted by molar-refractivity contribution is 0.587. The van der Waals surface area contributed by atoms with Gasteiger partial charge in [0.15, 0.2) is 0 Å².